The van der Waals surface area contributed by atoms with Crippen LogP contribution in [0.2, 0.25) is 0 Å². The van der Waals surface area contributed by atoms with Gasteiger partial charge in [0.1, 0.15) is 11.4 Å². The maximum atomic E-state index is 13.7. The number of nitrogens with zero attached hydrogens (tertiary/aromatic N) is 1. The number of ether oxygens (including phenoxy) is 1. The van der Waals surface area contributed by atoms with Gasteiger partial charge in [-0.3, -0.25) is 9.59 Å². The molecule has 1 aromatic carbocycles. The van der Waals surface area contributed by atoms with Crippen molar-refractivity contribution in [3.05, 3.63) is 35.1 Å². The first-order chi connectivity index (χ1) is 10.3. The van der Waals surface area contributed by atoms with E-state index in [4.69, 9.17) is 4.74 Å². The van der Waals surface area contributed by atoms with Gasteiger partial charge in [-0.25, -0.2) is 13.2 Å². The van der Waals surface area contributed by atoms with Gasteiger partial charge in [-0.15, -0.1) is 0 Å². The summed E-state index contributed by atoms with van der Waals surface area (Å²) in [4.78, 5) is 25.3. The highest BCUT2D eigenvalue weighted by Crippen LogP contribution is 2.33. The molecule has 1 saturated heterocycles. The van der Waals surface area contributed by atoms with E-state index in [-0.39, 0.29) is 19.7 Å². The average Bonchev–Trinajstić information content (AvgIpc) is 2.87. The van der Waals surface area contributed by atoms with Crippen LogP contribution >= 0.6 is 0 Å². The standard InChI is InChI=1S/C15H16F3NO3/c1-3-22-14(21)15(2)6-7-19(8-15)13(20)11-9(16)4-5-10(17)12(11)18/h4-5H,3,6-8H2,1-2H3/t15-/m1/s1. The summed E-state index contributed by atoms with van der Waals surface area (Å²) < 4.78 is 45.5. The molecule has 4 nitrogen and oxygen atoms in total. The summed E-state index contributed by atoms with van der Waals surface area (Å²) in [6.07, 6.45) is 0.316. The van der Waals surface area contributed by atoms with E-state index >= 15 is 0 Å². The van der Waals surface area contributed by atoms with Crippen LogP contribution in [0, 0.1) is 22.9 Å². The van der Waals surface area contributed by atoms with Crippen LogP contribution in [0.5, 0.6) is 0 Å². The van der Waals surface area contributed by atoms with Gasteiger partial charge in [0.15, 0.2) is 11.6 Å². The third-order valence-electron chi connectivity index (χ3n) is 3.79. The van der Waals surface area contributed by atoms with Crippen LogP contribution in [0.1, 0.15) is 30.6 Å². The number of hydrogen-bond acceptors (Lipinski definition) is 3. The first kappa shape index (κ1) is 16.3. The van der Waals surface area contributed by atoms with E-state index in [2.05, 4.69) is 0 Å². The Kier molecular flexibility index (Phi) is 4.44. The molecule has 22 heavy (non-hydrogen) atoms. The van der Waals surface area contributed by atoms with Crippen molar-refractivity contribution in [2.24, 2.45) is 5.41 Å². The zero-order chi connectivity index (χ0) is 16.5. The van der Waals surface area contributed by atoms with Gasteiger partial charge < -0.3 is 9.64 Å². The molecule has 120 valence electrons. The van der Waals surface area contributed by atoms with Gasteiger partial charge in [0, 0.05) is 13.1 Å². The Morgan fingerprint density at radius 3 is 2.55 bits per heavy atom. The van der Waals surface area contributed by atoms with Crippen LogP contribution in [0.3, 0.4) is 0 Å². The van der Waals surface area contributed by atoms with Crippen molar-refractivity contribution in [3.63, 3.8) is 0 Å². The molecule has 0 saturated carbocycles. The van der Waals surface area contributed by atoms with Crippen molar-refractivity contribution in [3.8, 4) is 0 Å². The van der Waals surface area contributed by atoms with Gasteiger partial charge in [-0.05, 0) is 32.4 Å². The van der Waals surface area contributed by atoms with Gasteiger partial charge in [0.05, 0.1) is 12.0 Å². The van der Waals surface area contributed by atoms with Crippen molar-refractivity contribution in [2.45, 2.75) is 20.3 Å². The lowest BCUT2D eigenvalue weighted by atomic mass is 9.90. The fourth-order valence-corrected chi connectivity index (χ4v) is 2.49. The molecule has 0 unspecified atom stereocenters. The molecule has 0 N–H and O–H groups in total. The second-order valence-electron chi connectivity index (χ2n) is 5.48. The number of benzene rings is 1. The fourth-order valence-electron chi connectivity index (χ4n) is 2.49. The number of halogens is 3. The minimum absolute atomic E-state index is 0.0277. The number of carbonyl (C=O) groups is 2. The molecule has 1 atom stereocenters. The minimum atomic E-state index is -1.52. The van der Waals surface area contributed by atoms with Crippen molar-refractivity contribution in [1.29, 1.82) is 0 Å². The minimum Gasteiger partial charge on any atom is -0.466 e. The average molecular weight is 315 g/mol. The monoisotopic (exact) mass is 315 g/mol. The second kappa shape index (κ2) is 5.98. The quantitative estimate of drug-likeness (QED) is 0.636. The third-order valence-corrected chi connectivity index (χ3v) is 3.79. The molecular weight excluding hydrogens is 299 g/mol. The van der Waals surface area contributed by atoms with E-state index in [9.17, 15) is 22.8 Å². The van der Waals surface area contributed by atoms with Gasteiger partial charge in [0.25, 0.3) is 5.91 Å². The van der Waals surface area contributed by atoms with E-state index in [1.165, 1.54) is 0 Å². The van der Waals surface area contributed by atoms with Crippen LogP contribution in [0.4, 0.5) is 13.2 Å². The SMILES string of the molecule is CCOC(=O)[C@]1(C)CCN(C(=O)c2c(F)ccc(F)c2F)C1. The van der Waals surface area contributed by atoms with Crippen LogP contribution in [-0.2, 0) is 9.53 Å². The molecule has 0 bridgehead atoms. The van der Waals surface area contributed by atoms with E-state index in [1.54, 1.807) is 13.8 Å². The topological polar surface area (TPSA) is 46.6 Å². The number of carbonyl (C=O) groups excluding carboxylic acids is 2. The summed E-state index contributed by atoms with van der Waals surface area (Å²) in [6, 6.07) is 1.32. The molecular formula is C15H16F3NO3. The van der Waals surface area contributed by atoms with Crippen molar-refractivity contribution >= 4 is 11.9 Å². The molecule has 0 spiro atoms. The normalized spacial score (nSPS) is 21.0. The van der Waals surface area contributed by atoms with E-state index in [0.717, 1.165) is 4.90 Å². The lowest BCUT2D eigenvalue weighted by molar-refractivity contribution is -0.153. The van der Waals surface area contributed by atoms with Gasteiger partial charge in [0.2, 0.25) is 0 Å². The third kappa shape index (κ3) is 2.80. The Balaban J connectivity index is 2.23. The van der Waals surface area contributed by atoms with Crippen LogP contribution in [-0.4, -0.2) is 36.5 Å². The zero-order valence-corrected chi connectivity index (χ0v) is 12.3. The summed E-state index contributed by atoms with van der Waals surface area (Å²) in [7, 11) is 0. The van der Waals surface area contributed by atoms with E-state index in [0.29, 0.717) is 18.6 Å². The molecule has 1 fully saturated rings. The zero-order valence-electron chi connectivity index (χ0n) is 12.3. The molecule has 1 heterocycles. The number of esters is 1. The van der Waals surface area contributed by atoms with Crippen LogP contribution in [0.15, 0.2) is 12.1 Å². The summed E-state index contributed by atoms with van der Waals surface area (Å²) in [5.74, 6) is -5.38. The van der Waals surface area contributed by atoms with Crippen LogP contribution in [0.25, 0.3) is 0 Å². The smallest absolute Gasteiger partial charge is 0.313 e. The van der Waals surface area contributed by atoms with E-state index in [1.807, 2.05) is 0 Å². The molecule has 1 amide bonds. The molecule has 1 aliphatic heterocycles. The van der Waals surface area contributed by atoms with Crippen molar-refractivity contribution in [2.75, 3.05) is 19.7 Å². The van der Waals surface area contributed by atoms with Gasteiger partial charge in [-0.2, -0.15) is 0 Å². The van der Waals surface area contributed by atoms with Crippen LogP contribution < -0.4 is 0 Å². The second-order valence-corrected chi connectivity index (χ2v) is 5.48. The summed E-state index contributed by atoms with van der Waals surface area (Å²) in [5.41, 5.74) is -1.86. The molecule has 0 aliphatic carbocycles. The predicted octanol–water partition coefficient (Wildman–Crippen LogP) is 2.52. The van der Waals surface area contributed by atoms with Crippen molar-refractivity contribution in [1.82, 2.24) is 4.90 Å². The molecule has 0 radical (unpaired) electrons. The first-order valence-electron chi connectivity index (χ1n) is 6.90. The predicted molar refractivity (Wildman–Crippen MR) is 71.6 cm³/mol. The fraction of sp³-hybridized carbons (Fsp3) is 0.467. The Morgan fingerprint density at radius 1 is 1.27 bits per heavy atom. The number of amides is 1. The maximum Gasteiger partial charge on any atom is 0.313 e. The first-order valence-corrected chi connectivity index (χ1v) is 6.90. The summed E-state index contributed by atoms with van der Waals surface area (Å²) >= 11 is 0. The molecule has 1 aliphatic rings. The number of rotatable bonds is 3. The van der Waals surface area contributed by atoms with Gasteiger partial charge >= 0.3 is 5.97 Å². The number of hydrogen-bond donors (Lipinski definition) is 0. The van der Waals surface area contributed by atoms with Crippen molar-refractivity contribution < 1.29 is 27.5 Å². The lowest BCUT2D eigenvalue weighted by Crippen LogP contribution is -2.36. The lowest BCUT2D eigenvalue weighted by Gasteiger charge is -2.22. The highest BCUT2D eigenvalue weighted by molar-refractivity contribution is 5.95. The molecule has 1 aromatic rings. The highest BCUT2D eigenvalue weighted by Gasteiger charge is 2.44. The Labute approximate surface area is 125 Å². The molecule has 2 rings (SSSR count). The van der Waals surface area contributed by atoms with E-state index < -0.39 is 40.3 Å². The molecule has 0 aromatic heterocycles. The summed E-state index contributed by atoms with van der Waals surface area (Å²) in [5, 5.41) is 0. The van der Waals surface area contributed by atoms with Gasteiger partial charge in [-0.1, -0.05) is 0 Å². The maximum absolute atomic E-state index is 13.7. The Hall–Kier alpha value is -2.05. The Bertz CT molecular complexity index is 620. The highest BCUT2D eigenvalue weighted by atomic mass is 19.2. The largest absolute Gasteiger partial charge is 0.466 e. The Morgan fingerprint density at radius 2 is 1.91 bits per heavy atom. The molecule has 7 heteroatoms. The number of likely N-dealkylation sites (tertiary alicyclic amines) is 1. The summed E-state index contributed by atoms with van der Waals surface area (Å²) in [6.45, 7) is 3.60.